The van der Waals surface area contributed by atoms with Gasteiger partial charge in [-0.3, -0.25) is 4.79 Å². The first kappa shape index (κ1) is 13.3. The van der Waals surface area contributed by atoms with Gasteiger partial charge in [-0.1, -0.05) is 30.3 Å². The highest BCUT2D eigenvalue weighted by atomic mass is 32.1. The highest BCUT2D eigenvalue weighted by Gasteiger charge is 2.22. The average Bonchev–Trinajstić information content (AvgIpc) is 2.83. The van der Waals surface area contributed by atoms with E-state index < -0.39 is 12.0 Å². The van der Waals surface area contributed by atoms with Crippen LogP contribution in [0.1, 0.15) is 26.2 Å². The second-order valence-electron chi connectivity index (χ2n) is 4.07. The molecule has 0 saturated carbocycles. The number of carboxylic acid groups (broad SMARTS) is 1. The van der Waals surface area contributed by atoms with E-state index in [4.69, 9.17) is 0 Å². The van der Waals surface area contributed by atoms with Gasteiger partial charge in [0.05, 0.1) is 4.88 Å². The van der Waals surface area contributed by atoms with Crippen LogP contribution in [0.15, 0.2) is 42.5 Å². The lowest BCUT2D eigenvalue weighted by Crippen LogP contribution is -2.33. The van der Waals surface area contributed by atoms with Gasteiger partial charge in [0.25, 0.3) is 5.91 Å². The maximum absolute atomic E-state index is 12.0. The van der Waals surface area contributed by atoms with Crippen molar-refractivity contribution in [3.05, 3.63) is 57.8 Å². The number of thiophene rings is 1. The first-order valence-corrected chi connectivity index (χ1v) is 6.54. The normalized spacial score (nSPS) is 11.8. The Bertz CT molecular complexity index is 592. The molecule has 0 saturated heterocycles. The number of rotatable bonds is 4. The van der Waals surface area contributed by atoms with Gasteiger partial charge in [-0.15, -0.1) is 11.3 Å². The summed E-state index contributed by atoms with van der Waals surface area (Å²) in [6.07, 6.45) is 0. The predicted octanol–water partition coefficient (Wildman–Crippen LogP) is 2.61. The van der Waals surface area contributed by atoms with Crippen LogP contribution in [0, 0.1) is 6.92 Å². The number of amides is 1. The van der Waals surface area contributed by atoms with E-state index in [0.717, 1.165) is 4.88 Å². The van der Waals surface area contributed by atoms with Gasteiger partial charge in [0.15, 0.2) is 6.04 Å². The second kappa shape index (κ2) is 5.67. The Kier molecular flexibility index (Phi) is 3.97. The van der Waals surface area contributed by atoms with Crippen LogP contribution >= 0.6 is 11.3 Å². The average molecular weight is 275 g/mol. The number of carbonyl (C=O) groups excluding carboxylic acids is 1. The molecular formula is C14H13NO3S. The molecule has 2 aromatic rings. The first-order chi connectivity index (χ1) is 9.08. The Morgan fingerprint density at radius 1 is 1.16 bits per heavy atom. The Labute approximate surface area is 114 Å². The van der Waals surface area contributed by atoms with Crippen LogP contribution in [0.2, 0.25) is 0 Å². The maximum Gasteiger partial charge on any atom is 0.330 e. The summed E-state index contributed by atoms with van der Waals surface area (Å²) in [5, 5.41) is 11.8. The van der Waals surface area contributed by atoms with E-state index in [1.165, 1.54) is 11.3 Å². The van der Waals surface area contributed by atoms with Crippen LogP contribution < -0.4 is 5.32 Å². The zero-order valence-electron chi connectivity index (χ0n) is 10.3. The van der Waals surface area contributed by atoms with Crippen molar-refractivity contribution in [1.29, 1.82) is 0 Å². The van der Waals surface area contributed by atoms with E-state index in [1.54, 1.807) is 36.4 Å². The number of hydrogen-bond acceptors (Lipinski definition) is 3. The molecule has 0 aliphatic carbocycles. The first-order valence-electron chi connectivity index (χ1n) is 5.73. The van der Waals surface area contributed by atoms with Gasteiger partial charge in [0.1, 0.15) is 0 Å². The molecule has 2 rings (SSSR count). The summed E-state index contributed by atoms with van der Waals surface area (Å²) in [6, 6.07) is 11.1. The van der Waals surface area contributed by atoms with Crippen LogP contribution in [-0.2, 0) is 4.79 Å². The molecule has 0 fully saturated rings. The monoisotopic (exact) mass is 275 g/mol. The van der Waals surface area contributed by atoms with E-state index in [-0.39, 0.29) is 5.91 Å². The smallest absolute Gasteiger partial charge is 0.330 e. The highest BCUT2D eigenvalue weighted by molar-refractivity contribution is 7.13. The molecule has 98 valence electrons. The Morgan fingerprint density at radius 2 is 1.84 bits per heavy atom. The summed E-state index contributed by atoms with van der Waals surface area (Å²) in [6.45, 7) is 1.90. The Balaban J connectivity index is 2.18. The third-order valence-corrected chi connectivity index (χ3v) is 3.62. The molecule has 1 atom stereocenters. The van der Waals surface area contributed by atoms with Crippen molar-refractivity contribution in [2.45, 2.75) is 13.0 Å². The molecule has 1 aromatic heterocycles. The molecule has 0 bridgehead atoms. The lowest BCUT2D eigenvalue weighted by molar-refractivity contribution is -0.139. The van der Waals surface area contributed by atoms with Crippen LogP contribution in [0.25, 0.3) is 0 Å². The molecule has 0 radical (unpaired) electrons. The summed E-state index contributed by atoms with van der Waals surface area (Å²) in [5.74, 6) is -1.44. The lowest BCUT2D eigenvalue weighted by Gasteiger charge is -2.14. The topological polar surface area (TPSA) is 66.4 Å². The Hall–Kier alpha value is -2.14. The second-order valence-corrected chi connectivity index (χ2v) is 5.35. The van der Waals surface area contributed by atoms with Crippen molar-refractivity contribution in [1.82, 2.24) is 5.32 Å². The van der Waals surface area contributed by atoms with Gasteiger partial charge in [0.2, 0.25) is 0 Å². The zero-order valence-corrected chi connectivity index (χ0v) is 11.1. The maximum atomic E-state index is 12.0. The van der Waals surface area contributed by atoms with Crippen LogP contribution in [0.4, 0.5) is 0 Å². The van der Waals surface area contributed by atoms with Crippen molar-refractivity contribution < 1.29 is 14.7 Å². The predicted molar refractivity (Wildman–Crippen MR) is 73.3 cm³/mol. The van der Waals surface area contributed by atoms with Crippen molar-refractivity contribution >= 4 is 23.2 Å². The minimum absolute atomic E-state index is 0.366. The quantitative estimate of drug-likeness (QED) is 0.901. The SMILES string of the molecule is Cc1ccc(C(=O)N[C@H](C(=O)O)c2ccccc2)s1. The number of benzene rings is 1. The molecule has 0 unspecified atom stereocenters. The fourth-order valence-electron chi connectivity index (χ4n) is 1.69. The standard InChI is InChI=1S/C14H13NO3S/c1-9-7-8-11(19-9)13(16)15-12(14(17)18)10-5-3-2-4-6-10/h2-8,12H,1H3,(H,15,16)(H,17,18)/t12-/m0/s1. The van der Waals surface area contributed by atoms with Crippen LogP contribution in [-0.4, -0.2) is 17.0 Å². The van der Waals surface area contributed by atoms with Gasteiger partial charge in [-0.2, -0.15) is 0 Å². The highest BCUT2D eigenvalue weighted by Crippen LogP contribution is 2.18. The summed E-state index contributed by atoms with van der Waals surface area (Å²) in [4.78, 5) is 24.8. The van der Waals surface area contributed by atoms with Gasteiger partial charge in [0, 0.05) is 4.88 Å². The zero-order chi connectivity index (χ0) is 13.8. The molecule has 4 nitrogen and oxygen atoms in total. The van der Waals surface area contributed by atoms with Gasteiger partial charge in [-0.25, -0.2) is 4.79 Å². The molecule has 2 N–H and O–H groups in total. The number of carbonyl (C=O) groups is 2. The van der Waals surface area contributed by atoms with Crippen molar-refractivity contribution in [3.8, 4) is 0 Å². The van der Waals surface area contributed by atoms with Crippen LogP contribution in [0.3, 0.4) is 0 Å². The van der Waals surface area contributed by atoms with E-state index in [1.807, 2.05) is 13.0 Å². The fraction of sp³-hybridized carbons (Fsp3) is 0.143. The van der Waals surface area contributed by atoms with Crippen molar-refractivity contribution in [2.24, 2.45) is 0 Å². The molecule has 1 aromatic carbocycles. The molecular weight excluding hydrogens is 262 g/mol. The van der Waals surface area contributed by atoms with E-state index >= 15 is 0 Å². The van der Waals surface area contributed by atoms with Gasteiger partial charge >= 0.3 is 5.97 Å². The lowest BCUT2D eigenvalue weighted by atomic mass is 10.1. The molecule has 0 spiro atoms. The largest absolute Gasteiger partial charge is 0.479 e. The van der Waals surface area contributed by atoms with E-state index in [0.29, 0.717) is 10.4 Å². The fourth-order valence-corrected chi connectivity index (χ4v) is 2.46. The Morgan fingerprint density at radius 3 is 2.37 bits per heavy atom. The minimum atomic E-state index is -1.08. The van der Waals surface area contributed by atoms with E-state index in [9.17, 15) is 14.7 Å². The van der Waals surface area contributed by atoms with Gasteiger partial charge < -0.3 is 10.4 Å². The third-order valence-electron chi connectivity index (χ3n) is 2.62. The molecule has 1 heterocycles. The summed E-state index contributed by atoms with van der Waals surface area (Å²) < 4.78 is 0. The molecule has 0 aliphatic heterocycles. The summed E-state index contributed by atoms with van der Waals surface area (Å²) in [7, 11) is 0. The number of hydrogen-bond donors (Lipinski definition) is 2. The molecule has 5 heteroatoms. The minimum Gasteiger partial charge on any atom is -0.479 e. The third kappa shape index (κ3) is 3.20. The van der Waals surface area contributed by atoms with Crippen LogP contribution in [0.5, 0.6) is 0 Å². The molecule has 0 aliphatic rings. The summed E-state index contributed by atoms with van der Waals surface area (Å²) in [5.41, 5.74) is 0.552. The van der Waals surface area contributed by atoms with Crippen molar-refractivity contribution in [2.75, 3.05) is 0 Å². The molecule has 19 heavy (non-hydrogen) atoms. The number of aliphatic carboxylic acids is 1. The summed E-state index contributed by atoms with van der Waals surface area (Å²) >= 11 is 1.34. The molecule has 1 amide bonds. The van der Waals surface area contributed by atoms with Crippen molar-refractivity contribution in [3.63, 3.8) is 0 Å². The van der Waals surface area contributed by atoms with Gasteiger partial charge in [-0.05, 0) is 24.6 Å². The number of nitrogens with one attached hydrogen (secondary N) is 1. The number of aryl methyl sites for hydroxylation is 1. The number of carboxylic acids is 1. The van der Waals surface area contributed by atoms with E-state index in [2.05, 4.69) is 5.32 Å².